The van der Waals surface area contributed by atoms with Crippen molar-refractivity contribution in [3.8, 4) is 17.2 Å². The highest BCUT2D eigenvalue weighted by Gasteiger charge is 2.61. The molecule has 0 spiro atoms. The Morgan fingerprint density at radius 2 is 1.54 bits per heavy atom. The van der Waals surface area contributed by atoms with Crippen molar-refractivity contribution in [3.05, 3.63) is 78.4 Å². The van der Waals surface area contributed by atoms with Crippen LogP contribution in [0.2, 0.25) is 0 Å². The van der Waals surface area contributed by atoms with E-state index in [1.807, 2.05) is 49.4 Å². The van der Waals surface area contributed by atoms with Crippen LogP contribution in [0, 0.1) is 5.92 Å². The first kappa shape index (κ1) is 22.7. The van der Waals surface area contributed by atoms with E-state index in [0.717, 1.165) is 5.69 Å². The number of para-hydroxylation sites is 4. The number of anilines is 2. The number of benzene rings is 3. The van der Waals surface area contributed by atoms with E-state index in [-0.39, 0.29) is 5.91 Å². The zero-order valence-electron chi connectivity index (χ0n) is 19.7. The maximum atomic E-state index is 13.9. The molecule has 0 N–H and O–H groups in total. The molecule has 0 aliphatic carbocycles. The van der Waals surface area contributed by atoms with Crippen LogP contribution in [0.4, 0.5) is 11.4 Å². The Morgan fingerprint density at radius 3 is 2.26 bits per heavy atom. The van der Waals surface area contributed by atoms with Gasteiger partial charge in [-0.1, -0.05) is 42.5 Å². The lowest BCUT2D eigenvalue weighted by molar-refractivity contribution is -0.126. The Kier molecular flexibility index (Phi) is 6.05. The lowest BCUT2D eigenvalue weighted by Crippen LogP contribution is -2.37. The summed E-state index contributed by atoms with van der Waals surface area (Å²) in [5.74, 6) is -0.126. The molecule has 8 nitrogen and oxygen atoms in total. The molecule has 35 heavy (non-hydrogen) atoms. The molecule has 2 heterocycles. The first-order valence-electron chi connectivity index (χ1n) is 11.4. The number of hydrogen-bond acceptors (Lipinski definition) is 7. The fourth-order valence-electron chi connectivity index (χ4n) is 4.83. The van der Waals surface area contributed by atoms with Gasteiger partial charge in [0.05, 0.1) is 32.2 Å². The Morgan fingerprint density at radius 1 is 0.829 bits per heavy atom. The number of rotatable bonds is 7. The van der Waals surface area contributed by atoms with Crippen molar-refractivity contribution < 1.29 is 28.6 Å². The standard InChI is InChI=1S/C27H26N2O6/c1-4-34-20-15-9-8-14-19(20)28-26(30)22-23(18-13-10-16-21(32-2)24(18)33-3)29(35-25(22)27(28)31)17-11-6-5-7-12-17/h5-16,22-23,25H,4H2,1-3H3/t22-,23+,25+/m1/s1. The molecular formula is C27H26N2O6. The van der Waals surface area contributed by atoms with E-state index in [0.29, 0.717) is 35.1 Å². The summed E-state index contributed by atoms with van der Waals surface area (Å²) in [7, 11) is 3.11. The largest absolute Gasteiger partial charge is 0.493 e. The molecule has 0 unspecified atom stereocenters. The monoisotopic (exact) mass is 474 g/mol. The van der Waals surface area contributed by atoms with Crippen LogP contribution >= 0.6 is 0 Å². The lowest BCUT2D eigenvalue weighted by atomic mass is 9.89. The van der Waals surface area contributed by atoms with Crippen molar-refractivity contribution in [1.82, 2.24) is 0 Å². The van der Waals surface area contributed by atoms with Gasteiger partial charge in [0.2, 0.25) is 5.91 Å². The normalized spacial score (nSPS) is 21.3. The minimum Gasteiger partial charge on any atom is -0.493 e. The SMILES string of the molecule is CCOc1ccccc1N1C(=O)[C@H]2[C@H](ON(c3ccccc3)[C@H]2c2cccc(OC)c2OC)C1=O. The van der Waals surface area contributed by atoms with E-state index < -0.39 is 24.0 Å². The molecule has 8 heteroatoms. The molecular weight excluding hydrogens is 448 g/mol. The molecule has 0 radical (unpaired) electrons. The molecule has 0 aromatic heterocycles. The summed E-state index contributed by atoms with van der Waals surface area (Å²) in [6.07, 6.45) is -1.00. The Hall–Kier alpha value is -4.04. The van der Waals surface area contributed by atoms with Crippen molar-refractivity contribution in [2.24, 2.45) is 5.92 Å². The van der Waals surface area contributed by atoms with Crippen LogP contribution in [-0.4, -0.2) is 38.7 Å². The highest BCUT2D eigenvalue weighted by atomic mass is 16.7. The van der Waals surface area contributed by atoms with Gasteiger partial charge < -0.3 is 14.2 Å². The van der Waals surface area contributed by atoms with Gasteiger partial charge in [-0.3, -0.25) is 14.4 Å². The molecule has 3 aromatic rings. The summed E-state index contributed by atoms with van der Waals surface area (Å²) in [5.41, 5.74) is 1.81. The minimum atomic E-state index is -1.00. The van der Waals surface area contributed by atoms with E-state index in [4.69, 9.17) is 19.0 Å². The third kappa shape index (κ3) is 3.66. The van der Waals surface area contributed by atoms with Gasteiger partial charge >= 0.3 is 0 Å². The smallest absolute Gasteiger partial charge is 0.266 e. The number of carbonyl (C=O) groups excluding carboxylic acids is 2. The quantitative estimate of drug-likeness (QED) is 0.476. The van der Waals surface area contributed by atoms with Crippen LogP contribution in [0.15, 0.2) is 72.8 Å². The number of amides is 2. The summed E-state index contributed by atoms with van der Waals surface area (Å²) in [6, 6.07) is 21.3. The number of methoxy groups -OCH3 is 2. The van der Waals surface area contributed by atoms with Gasteiger partial charge in [-0.2, -0.15) is 0 Å². The number of hydroxylamine groups is 1. The summed E-state index contributed by atoms with van der Waals surface area (Å²) in [5, 5.41) is 1.63. The number of hydrogen-bond donors (Lipinski definition) is 0. The van der Waals surface area contributed by atoms with Crippen molar-refractivity contribution in [3.63, 3.8) is 0 Å². The maximum absolute atomic E-state index is 13.9. The average Bonchev–Trinajstić information content (AvgIpc) is 3.40. The zero-order valence-corrected chi connectivity index (χ0v) is 19.7. The van der Waals surface area contributed by atoms with Crippen LogP contribution in [0.3, 0.4) is 0 Å². The molecule has 2 fully saturated rings. The topological polar surface area (TPSA) is 77.5 Å². The van der Waals surface area contributed by atoms with Gasteiger partial charge in [-0.25, -0.2) is 9.96 Å². The Labute approximate surface area is 203 Å². The molecule has 2 amide bonds. The van der Waals surface area contributed by atoms with Crippen LogP contribution in [0.1, 0.15) is 18.5 Å². The summed E-state index contributed by atoms with van der Waals surface area (Å²) in [6.45, 7) is 2.26. The third-order valence-electron chi connectivity index (χ3n) is 6.28. The van der Waals surface area contributed by atoms with Crippen molar-refractivity contribution in [2.75, 3.05) is 30.8 Å². The molecule has 2 aliphatic heterocycles. The molecule has 0 saturated carbocycles. The average molecular weight is 475 g/mol. The summed E-state index contributed by atoms with van der Waals surface area (Å²) >= 11 is 0. The van der Waals surface area contributed by atoms with Gasteiger partial charge in [0.15, 0.2) is 17.6 Å². The molecule has 180 valence electrons. The number of nitrogens with zero attached hydrogens (tertiary/aromatic N) is 2. The van der Waals surface area contributed by atoms with Crippen molar-refractivity contribution >= 4 is 23.2 Å². The molecule has 2 aliphatic rings. The number of carbonyl (C=O) groups is 2. The Bertz CT molecular complexity index is 1250. The number of fused-ring (bicyclic) bond motifs is 1. The third-order valence-corrected chi connectivity index (χ3v) is 6.28. The fraction of sp³-hybridized carbons (Fsp3) is 0.259. The highest BCUT2D eigenvalue weighted by Crippen LogP contribution is 2.51. The van der Waals surface area contributed by atoms with E-state index in [9.17, 15) is 9.59 Å². The molecule has 2 saturated heterocycles. The molecule has 3 aromatic carbocycles. The van der Waals surface area contributed by atoms with Gasteiger partial charge in [0, 0.05) is 5.56 Å². The van der Waals surface area contributed by atoms with Gasteiger partial charge in [0.1, 0.15) is 17.7 Å². The molecule has 5 rings (SSSR count). The Balaban J connectivity index is 1.64. The maximum Gasteiger partial charge on any atom is 0.266 e. The van der Waals surface area contributed by atoms with E-state index in [2.05, 4.69) is 0 Å². The first-order valence-corrected chi connectivity index (χ1v) is 11.4. The van der Waals surface area contributed by atoms with Crippen LogP contribution < -0.4 is 24.2 Å². The van der Waals surface area contributed by atoms with Gasteiger partial charge in [0.25, 0.3) is 5.91 Å². The van der Waals surface area contributed by atoms with Crippen LogP contribution in [0.5, 0.6) is 17.2 Å². The van der Waals surface area contributed by atoms with E-state index >= 15 is 0 Å². The fourth-order valence-corrected chi connectivity index (χ4v) is 4.83. The highest BCUT2D eigenvalue weighted by molar-refractivity contribution is 6.24. The second kappa shape index (κ2) is 9.31. The van der Waals surface area contributed by atoms with E-state index in [1.54, 1.807) is 49.6 Å². The van der Waals surface area contributed by atoms with Crippen LogP contribution in [-0.2, 0) is 14.4 Å². The van der Waals surface area contributed by atoms with Gasteiger partial charge in [-0.15, -0.1) is 0 Å². The van der Waals surface area contributed by atoms with Crippen LogP contribution in [0.25, 0.3) is 0 Å². The molecule has 0 bridgehead atoms. The first-order chi connectivity index (χ1) is 17.1. The zero-order chi connectivity index (χ0) is 24.5. The van der Waals surface area contributed by atoms with Crippen molar-refractivity contribution in [1.29, 1.82) is 0 Å². The summed E-state index contributed by atoms with van der Waals surface area (Å²) < 4.78 is 16.9. The predicted octanol–water partition coefficient (Wildman–Crippen LogP) is 4.15. The van der Waals surface area contributed by atoms with Crippen molar-refractivity contribution in [2.45, 2.75) is 19.1 Å². The second-order valence-corrected chi connectivity index (χ2v) is 8.15. The number of ether oxygens (including phenoxy) is 3. The minimum absolute atomic E-state index is 0.361. The predicted molar refractivity (Wildman–Crippen MR) is 130 cm³/mol. The van der Waals surface area contributed by atoms with E-state index in [1.165, 1.54) is 4.90 Å². The lowest BCUT2D eigenvalue weighted by Gasteiger charge is -2.30. The second-order valence-electron chi connectivity index (χ2n) is 8.15. The van der Waals surface area contributed by atoms with Gasteiger partial charge in [-0.05, 0) is 37.3 Å². The summed E-state index contributed by atoms with van der Waals surface area (Å²) in [4.78, 5) is 35.0. The molecule has 3 atom stereocenters. The number of imide groups is 1.